The first-order valence-corrected chi connectivity index (χ1v) is 9.64. The predicted octanol–water partition coefficient (Wildman–Crippen LogP) is 2.76. The van der Waals surface area contributed by atoms with Crippen molar-refractivity contribution in [1.29, 1.82) is 0 Å². The molecule has 3 heterocycles. The van der Waals surface area contributed by atoms with Crippen molar-refractivity contribution >= 4 is 5.91 Å². The van der Waals surface area contributed by atoms with Crippen LogP contribution in [0.3, 0.4) is 0 Å². The molecule has 2 aromatic heterocycles. The number of hydrogen-bond donors (Lipinski definition) is 1. The summed E-state index contributed by atoms with van der Waals surface area (Å²) in [5, 5.41) is 6.91. The molecular formula is C21H24N4O4. The Morgan fingerprint density at radius 3 is 2.72 bits per heavy atom. The summed E-state index contributed by atoms with van der Waals surface area (Å²) in [6, 6.07) is 11.4. The minimum absolute atomic E-state index is 0.0577. The Balaban J connectivity index is 1.40. The summed E-state index contributed by atoms with van der Waals surface area (Å²) >= 11 is 0. The summed E-state index contributed by atoms with van der Waals surface area (Å²) in [6.45, 7) is 1.48. The monoisotopic (exact) mass is 396 g/mol. The van der Waals surface area contributed by atoms with Gasteiger partial charge in [0.15, 0.2) is 0 Å². The summed E-state index contributed by atoms with van der Waals surface area (Å²) in [6.07, 6.45) is 5.99. The van der Waals surface area contributed by atoms with Crippen LogP contribution in [-0.4, -0.2) is 40.9 Å². The molecule has 1 aliphatic rings. The van der Waals surface area contributed by atoms with E-state index in [4.69, 9.17) is 14.0 Å². The number of methoxy groups -OCH3 is 1. The van der Waals surface area contributed by atoms with E-state index >= 15 is 0 Å². The Kier molecular flexibility index (Phi) is 5.62. The number of amides is 1. The first-order chi connectivity index (χ1) is 14.2. The minimum atomic E-state index is -0.261. The fourth-order valence-electron chi connectivity index (χ4n) is 3.73. The van der Waals surface area contributed by atoms with E-state index in [-0.39, 0.29) is 18.0 Å². The standard InChI is InChI=1S/C21H24N4O4/c1-27-17-7-3-2-6-16(17)20-23-19(29-24-20)15-22-18(26)14-21(8-12-28-13-9-21)25-10-4-5-11-25/h2-7,10-11H,8-9,12-15H2,1H3,(H,22,26). The van der Waals surface area contributed by atoms with Gasteiger partial charge in [0.1, 0.15) is 5.75 Å². The molecule has 0 spiro atoms. The van der Waals surface area contributed by atoms with Gasteiger partial charge in [-0.15, -0.1) is 0 Å². The number of hydrogen-bond acceptors (Lipinski definition) is 6. The molecule has 1 fully saturated rings. The molecule has 0 atom stereocenters. The van der Waals surface area contributed by atoms with E-state index in [0.29, 0.717) is 37.1 Å². The summed E-state index contributed by atoms with van der Waals surface area (Å²) in [5.41, 5.74) is 0.480. The molecule has 4 rings (SSSR count). The highest BCUT2D eigenvalue weighted by molar-refractivity contribution is 5.77. The number of carbonyl (C=O) groups is 1. The van der Waals surface area contributed by atoms with E-state index in [0.717, 1.165) is 18.4 Å². The van der Waals surface area contributed by atoms with E-state index in [1.807, 2.05) is 48.8 Å². The van der Waals surface area contributed by atoms with Crippen LogP contribution in [0.4, 0.5) is 0 Å². The van der Waals surface area contributed by atoms with E-state index in [1.54, 1.807) is 7.11 Å². The lowest BCUT2D eigenvalue weighted by Crippen LogP contribution is -2.43. The van der Waals surface area contributed by atoms with E-state index in [9.17, 15) is 4.79 Å². The van der Waals surface area contributed by atoms with Crippen LogP contribution >= 0.6 is 0 Å². The van der Waals surface area contributed by atoms with E-state index < -0.39 is 0 Å². The van der Waals surface area contributed by atoms with Crippen molar-refractivity contribution < 1.29 is 18.8 Å². The normalized spacial score (nSPS) is 15.8. The summed E-state index contributed by atoms with van der Waals surface area (Å²) in [4.78, 5) is 17.1. The summed E-state index contributed by atoms with van der Waals surface area (Å²) < 4.78 is 18.3. The lowest BCUT2D eigenvalue weighted by Gasteiger charge is -2.38. The van der Waals surface area contributed by atoms with Gasteiger partial charge in [-0.3, -0.25) is 4.79 Å². The van der Waals surface area contributed by atoms with Gasteiger partial charge in [-0.2, -0.15) is 4.98 Å². The zero-order chi connectivity index (χ0) is 20.1. The molecule has 0 saturated carbocycles. The molecule has 0 bridgehead atoms. The van der Waals surface area contributed by atoms with Crippen LogP contribution in [0, 0.1) is 0 Å². The Labute approximate surface area is 168 Å². The molecule has 1 aromatic carbocycles. The fraction of sp³-hybridized carbons (Fsp3) is 0.381. The number of para-hydroxylation sites is 1. The number of nitrogens with zero attached hydrogens (tertiary/aromatic N) is 3. The zero-order valence-electron chi connectivity index (χ0n) is 16.3. The fourth-order valence-corrected chi connectivity index (χ4v) is 3.73. The van der Waals surface area contributed by atoms with Crippen LogP contribution in [0.1, 0.15) is 25.2 Å². The van der Waals surface area contributed by atoms with Crippen LogP contribution < -0.4 is 10.1 Å². The Morgan fingerprint density at radius 2 is 1.97 bits per heavy atom. The highest BCUT2D eigenvalue weighted by Gasteiger charge is 2.36. The van der Waals surface area contributed by atoms with Crippen molar-refractivity contribution in [1.82, 2.24) is 20.0 Å². The smallest absolute Gasteiger partial charge is 0.246 e. The van der Waals surface area contributed by atoms with Gasteiger partial charge in [0.25, 0.3) is 0 Å². The highest BCUT2D eigenvalue weighted by Crippen LogP contribution is 2.33. The lowest BCUT2D eigenvalue weighted by molar-refractivity contribution is -0.125. The Morgan fingerprint density at radius 1 is 1.21 bits per heavy atom. The number of carbonyl (C=O) groups excluding carboxylic acids is 1. The average molecular weight is 396 g/mol. The van der Waals surface area contributed by atoms with Crippen LogP contribution in [0.5, 0.6) is 5.75 Å². The SMILES string of the molecule is COc1ccccc1-c1noc(CNC(=O)CC2(n3cccc3)CCOCC2)n1. The topological polar surface area (TPSA) is 91.4 Å². The van der Waals surface area contributed by atoms with Gasteiger partial charge in [-0.25, -0.2) is 0 Å². The van der Waals surface area contributed by atoms with Crippen molar-refractivity contribution in [3.63, 3.8) is 0 Å². The van der Waals surface area contributed by atoms with Crippen molar-refractivity contribution in [3.8, 4) is 17.1 Å². The number of aromatic nitrogens is 3. The molecule has 0 radical (unpaired) electrons. The molecule has 29 heavy (non-hydrogen) atoms. The van der Waals surface area contributed by atoms with Crippen LogP contribution in [0.2, 0.25) is 0 Å². The third-order valence-corrected chi connectivity index (χ3v) is 5.32. The molecule has 1 aliphatic heterocycles. The van der Waals surface area contributed by atoms with Gasteiger partial charge in [0.2, 0.25) is 17.6 Å². The van der Waals surface area contributed by atoms with Gasteiger partial charge in [0, 0.05) is 25.6 Å². The van der Waals surface area contributed by atoms with Crippen LogP contribution in [-0.2, 0) is 21.6 Å². The first-order valence-electron chi connectivity index (χ1n) is 9.64. The maximum atomic E-state index is 12.7. The molecule has 3 aromatic rings. The molecule has 0 aliphatic carbocycles. The maximum Gasteiger partial charge on any atom is 0.246 e. The molecular weight excluding hydrogens is 372 g/mol. The van der Waals surface area contributed by atoms with Crippen LogP contribution in [0.25, 0.3) is 11.4 Å². The van der Waals surface area contributed by atoms with Gasteiger partial charge in [0.05, 0.1) is 31.2 Å². The molecule has 1 N–H and O–H groups in total. The lowest BCUT2D eigenvalue weighted by atomic mass is 9.86. The minimum Gasteiger partial charge on any atom is -0.496 e. The second-order valence-electron chi connectivity index (χ2n) is 7.09. The molecule has 1 amide bonds. The van der Waals surface area contributed by atoms with Gasteiger partial charge in [-0.05, 0) is 37.1 Å². The number of rotatable bonds is 7. The maximum absolute atomic E-state index is 12.7. The van der Waals surface area contributed by atoms with Gasteiger partial charge >= 0.3 is 0 Å². The third kappa shape index (κ3) is 4.17. The molecule has 8 heteroatoms. The predicted molar refractivity (Wildman–Crippen MR) is 105 cm³/mol. The largest absolute Gasteiger partial charge is 0.496 e. The van der Waals surface area contributed by atoms with Gasteiger partial charge in [-0.1, -0.05) is 17.3 Å². The third-order valence-electron chi connectivity index (χ3n) is 5.32. The Bertz CT molecular complexity index is 945. The summed E-state index contributed by atoms with van der Waals surface area (Å²) in [7, 11) is 1.59. The van der Waals surface area contributed by atoms with E-state index in [2.05, 4.69) is 20.0 Å². The average Bonchev–Trinajstić information content (AvgIpc) is 3.45. The van der Waals surface area contributed by atoms with Crippen molar-refractivity contribution in [2.75, 3.05) is 20.3 Å². The Hall–Kier alpha value is -3.13. The van der Waals surface area contributed by atoms with Crippen LogP contribution in [0.15, 0.2) is 53.3 Å². The van der Waals surface area contributed by atoms with Crippen molar-refractivity contribution in [3.05, 3.63) is 54.7 Å². The van der Waals surface area contributed by atoms with Crippen molar-refractivity contribution in [2.24, 2.45) is 0 Å². The molecule has 0 unspecified atom stereocenters. The first kappa shape index (κ1) is 19.2. The quantitative estimate of drug-likeness (QED) is 0.660. The van der Waals surface area contributed by atoms with E-state index in [1.165, 1.54) is 0 Å². The van der Waals surface area contributed by atoms with Crippen molar-refractivity contribution in [2.45, 2.75) is 31.3 Å². The second kappa shape index (κ2) is 8.48. The molecule has 8 nitrogen and oxygen atoms in total. The number of benzene rings is 1. The number of nitrogens with one attached hydrogen (secondary N) is 1. The molecule has 1 saturated heterocycles. The molecule has 152 valence electrons. The highest BCUT2D eigenvalue weighted by atomic mass is 16.5. The summed E-state index contributed by atoms with van der Waals surface area (Å²) in [5.74, 6) is 1.39. The second-order valence-corrected chi connectivity index (χ2v) is 7.09. The number of ether oxygens (including phenoxy) is 2. The van der Waals surface area contributed by atoms with Gasteiger partial charge < -0.3 is 23.9 Å². The zero-order valence-corrected chi connectivity index (χ0v) is 16.3.